The maximum Gasteiger partial charge on any atom is 0.244 e. The Bertz CT molecular complexity index is 632. The highest BCUT2D eigenvalue weighted by atomic mass is 19.1. The lowest BCUT2D eigenvalue weighted by Gasteiger charge is -2.31. The zero-order valence-electron chi connectivity index (χ0n) is 14.1. The van der Waals surface area contributed by atoms with Crippen molar-refractivity contribution in [3.05, 3.63) is 41.2 Å². The number of nitrogens with one attached hydrogen (secondary N) is 1. The van der Waals surface area contributed by atoms with Crippen molar-refractivity contribution in [2.75, 3.05) is 18.0 Å². The Morgan fingerprint density at radius 1 is 1.33 bits per heavy atom. The number of carbonyl (C=O) groups is 1. The van der Waals surface area contributed by atoms with Gasteiger partial charge in [-0.1, -0.05) is 11.6 Å². The van der Waals surface area contributed by atoms with Crippen LogP contribution in [-0.2, 0) is 11.3 Å². The molecule has 2 fully saturated rings. The summed E-state index contributed by atoms with van der Waals surface area (Å²) in [5, 5.41) is 12.4. The molecule has 4 nitrogen and oxygen atoms in total. The molecule has 1 heterocycles. The number of allylic oxidation sites excluding steroid dienone is 1. The molecule has 0 aromatic heterocycles. The zero-order valence-corrected chi connectivity index (χ0v) is 14.1. The van der Waals surface area contributed by atoms with E-state index in [2.05, 4.69) is 5.32 Å². The molecule has 0 atom stereocenters. The van der Waals surface area contributed by atoms with Crippen molar-refractivity contribution in [1.82, 2.24) is 5.32 Å². The van der Waals surface area contributed by atoms with Gasteiger partial charge in [0.2, 0.25) is 5.91 Å². The van der Waals surface area contributed by atoms with Gasteiger partial charge in [0, 0.05) is 25.7 Å². The van der Waals surface area contributed by atoms with E-state index < -0.39 is 0 Å². The van der Waals surface area contributed by atoms with Crippen molar-refractivity contribution in [2.45, 2.75) is 45.3 Å². The van der Waals surface area contributed by atoms with E-state index >= 15 is 0 Å². The van der Waals surface area contributed by atoms with Crippen LogP contribution in [0.1, 0.15) is 38.2 Å². The number of hydrogen-bond acceptors (Lipinski definition) is 3. The fourth-order valence-corrected chi connectivity index (χ4v) is 3.13. The summed E-state index contributed by atoms with van der Waals surface area (Å²) in [5.74, 6) is 0.187. The average Bonchev–Trinajstić information content (AvgIpc) is 3.39. The number of rotatable bonds is 5. The van der Waals surface area contributed by atoms with E-state index in [-0.39, 0.29) is 17.8 Å². The van der Waals surface area contributed by atoms with Crippen molar-refractivity contribution in [3.8, 4) is 0 Å². The van der Waals surface area contributed by atoms with E-state index in [1.807, 2.05) is 17.9 Å². The Hall–Kier alpha value is -1.88. The summed E-state index contributed by atoms with van der Waals surface area (Å²) >= 11 is 0. The van der Waals surface area contributed by atoms with Gasteiger partial charge in [-0.2, -0.15) is 0 Å². The smallest absolute Gasteiger partial charge is 0.244 e. The fraction of sp³-hybridized carbons (Fsp3) is 0.526. The molecule has 0 bridgehead atoms. The first-order valence-electron chi connectivity index (χ1n) is 8.70. The van der Waals surface area contributed by atoms with Crippen molar-refractivity contribution in [3.63, 3.8) is 0 Å². The average molecular weight is 332 g/mol. The second-order valence-corrected chi connectivity index (χ2v) is 6.88. The SMILES string of the molecule is C/C(=C/C(=O)NCc1ccc(N2CCC(O)CC2)c(F)c1)C1CC1. The summed E-state index contributed by atoms with van der Waals surface area (Å²) in [6, 6.07) is 5.10. The van der Waals surface area contributed by atoms with Crippen LogP contribution in [-0.4, -0.2) is 30.2 Å². The molecule has 3 rings (SSSR count). The molecule has 1 aromatic carbocycles. The van der Waals surface area contributed by atoms with Gasteiger partial charge in [0.05, 0.1) is 11.8 Å². The number of benzene rings is 1. The third kappa shape index (κ3) is 4.35. The first-order chi connectivity index (χ1) is 11.5. The number of anilines is 1. The van der Waals surface area contributed by atoms with E-state index in [1.165, 1.54) is 18.9 Å². The molecule has 130 valence electrons. The Balaban J connectivity index is 1.56. The van der Waals surface area contributed by atoms with Crippen LogP contribution in [0.25, 0.3) is 0 Å². The van der Waals surface area contributed by atoms with Crippen molar-refractivity contribution >= 4 is 11.6 Å². The molecular formula is C19H25FN2O2. The molecule has 24 heavy (non-hydrogen) atoms. The molecule has 0 unspecified atom stereocenters. The minimum absolute atomic E-state index is 0.117. The topological polar surface area (TPSA) is 52.6 Å². The molecule has 1 aliphatic carbocycles. The zero-order chi connectivity index (χ0) is 17.1. The van der Waals surface area contributed by atoms with Crippen LogP contribution in [0.15, 0.2) is 29.8 Å². The molecule has 1 saturated carbocycles. The Labute approximate surface area is 142 Å². The third-order valence-corrected chi connectivity index (χ3v) is 4.86. The van der Waals surface area contributed by atoms with E-state index in [0.717, 1.165) is 11.1 Å². The summed E-state index contributed by atoms with van der Waals surface area (Å²) in [5.41, 5.74) is 2.45. The minimum atomic E-state index is -0.275. The summed E-state index contributed by atoms with van der Waals surface area (Å²) in [6.07, 6.45) is 5.08. The van der Waals surface area contributed by atoms with E-state index in [1.54, 1.807) is 12.1 Å². The predicted octanol–water partition coefficient (Wildman–Crippen LogP) is 2.76. The number of halogens is 1. The first kappa shape index (κ1) is 17.0. The van der Waals surface area contributed by atoms with Gasteiger partial charge in [0.25, 0.3) is 0 Å². The number of hydrogen-bond donors (Lipinski definition) is 2. The van der Waals surface area contributed by atoms with Gasteiger partial charge in [-0.15, -0.1) is 0 Å². The quantitative estimate of drug-likeness (QED) is 0.815. The van der Waals surface area contributed by atoms with Crippen LogP contribution >= 0.6 is 0 Å². The summed E-state index contributed by atoms with van der Waals surface area (Å²) in [6.45, 7) is 3.64. The third-order valence-electron chi connectivity index (χ3n) is 4.86. The van der Waals surface area contributed by atoms with Crippen LogP contribution in [0.3, 0.4) is 0 Å². The van der Waals surface area contributed by atoms with Crippen LogP contribution in [0.4, 0.5) is 10.1 Å². The lowest BCUT2D eigenvalue weighted by Crippen LogP contribution is -2.36. The highest BCUT2D eigenvalue weighted by molar-refractivity contribution is 5.88. The van der Waals surface area contributed by atoms with Gasteiger partial charge in [0.1, 0.15) is 5.82 Å². The van der Waals surface area contributed by atoms with Gasteiger partial charge < -0.3 is 15.3 Å². The molecule has 1 saturated heterocycles. The van der Waals surface area contributed by atoms with Gasteiger partial charge in [0.15, 0.2) is 0 Å². The fourth-order valence-electron chi connectivity index (χ4n) is 3.13. The van der Waals surface area contributed by atoms with Crippen molar-refractivity contribution in [2.24, 2.45) is 5.92 Å². The number of piperidine rings is 1. The predicted molar refractivity (Wildman–Crippen MR) is 92.2 cm³/mol. The van der Waals surface area contributed by atoms with Crippen molar-refractivity contribution in [1.29, 1.82) is 0 Å². The molecule has 0 radical (unpaired) electrons. The van der Waals surface area contributed by atoms with Crippen molar-refractivity contribution < 1.29 is 14.3 Å². The molecule has 1 amide bonds. The molecule has 1 aromatic rings. The van der Waals surface area contributed by atoms with Gasteiger partial charge in [-0.25, -0.2) is 4.39 Å². The molecular weight excluding hydrogens is 307 g/mol. The Morgan fingerprint density at radius 3 is 2.67 bits per heavy atom. The van der Waals surface area contributed by atoms with E-state index in [4.69, 9.17) is 0 Å². The Kier molecular flexibility index (Phi) is 5.19. The van der Waals surface area contributed by atoms with Crippen LogP contribution in [0.2, 0.25) is 0 Å². The van der Waals surface area contributed by atoms with Crippen LogP contribution in [0, 0.1) is 11.7 Å². The molecule has 0 spiro atoms. The highest BCUT2D eigenvalue weighted by Crippen LogP contribution is 2.35. The number of aliphatic hydroxyl groups is 1. The van der Waals surface area contributed by atoms with Crippen LogP contribution in [0.5, 0.6) is 0 Å². The standard InChI is InChI=1S/C19H25FN2O2/c1-13(15-3-4-15)10-19(24)21-12-14-2-5-18(17(20)11-14)22-8-6-16(23)7-9-22/h2,5,10-11,15-16,23H,3-4,6-9,12H2,1H3,(H,21,24)/b13-10-. The number of aliphatic hydroxyl groups excluding tert-OH is 1. The Morgan fingerprint density at radius 2 is 2.04 bits per heavy atom. The lowest BCUT2D eigenvalue weighted by molar-refractivity contribution is -0.116. The normalized spacial score (nSPS) is 19.5. The van der Waals surface area contributed by atoms with Gasteiger partial charge in [-0.05, 0) is 56.2 Å². The largest absolute Gasteiger partial charge is 0.393 e. The number of carbonyl (C=O) groups excluding carboxylic acids is 1. The van der Waals surface area contributed by atoms with Gasteiger partial charge in [-0.3, -0.25) is 4.79 Å². The highest BCUT2D eigenvalue weighted by Gasteiger charge is 2.23. The van der Waals surface area contributed by atoms with E-state index in [9.17, 15) is 14.3 Å². The van der Waals surface area contributed by atoms with Gasteiger partial charge >= 0.3 is 0 Å². The number of amides is 1. The number of nitrogens with zero attached hydrogens (tertiary/aromatic N) is 1. The lowest BCUT2D eigenvalue weighted by atomic mass is 10.1. The maximum atomic E-state index is 14.4. The summed E-state index contributed by atoms with van der Waals surface area (Å²) < 4.78 is 14.4. The molecule has 1 aliphatic heterocycles. The van der Waals surface area contributed by atoms with Crippen LogP contribution < -0.4 is 10.2 Å². The summed E-state index contributed by atoms with van der Waals surface area (Å²) in [7, 11) is 0. The first-order valence-corrected chi connectivity index (χ1v) is 8.70. The molecule has 2 N–H and O–H groups in total. The summed E-state index contributed by atoms with van der Waals surface area (Å²) in [4.78, 5) is 13.8. The minimum Gasteiger partial charge on any atom is -0.393 e. The maximum absolute atomic E-state index is 14.4. The molecule has 2 aliphatic rings. The molecule has 5 heteroatoms. The second-order valence-electron chi connectivity index (χ2n) is 6.88. The second kappa shape index (κ2) is 7.34. The monoisotopic (exact) mass is 332 g/mol. The van der Waals surface area contributed by atoms with E-state index in [0.29, 0.717) is 44.1 Å².